The third-order valence-electron chi connectivity index (χ3n) is 4.32. The average molecular weight is 352 g/mol. The van der Waals surface area contributed by atoms with Crippen molar-refractivity contribution >= 4 is 16.9 Å². The second-order valence-corrected chi connectivity index (χ2v) is 8.02. The summed E-state index contributed by atoms with van der Waals surface area (Å²) < 4.78 is 1.81. The number of nitrogens with one attached hydrogen (secondary N) is 1. The predicted molar refractivity (Wildman–Crippen MR) is 106 cm³/mol. The van der Waals surface area contributed by atoms with Crippen molar-refractivity contribution in [3.8, 4) is 0 Å². The molecule has 0 fully saturated rings. The van der Waals surface area contributed by atoms with Gasteiger partial charge in [-0.25, -0.2) is 9.97 Å². The Hall–Kier alpha value is -2.47. The maximum absolute atomic E-state index is 4.86. The Morgan fingerprint density at radius 1 is 1.12 bits per heavy atom. The molecule has 6 nitrogen and oxygen atoms in total. The van der Waals surface area contributed by atoms with Crippen LogP contribution in [-0.2, 0) is 12.5 Å². The molecule has 0 amide bonds. The van der Waals surface area contributed by atoms with E-state index in [1.165, 1.54) is 5.56 Å². The minimum atomic E-state index is -0.140. The Morgan fingerprint density at radius 3 is 2.42 bits per heavy atom. The van der Waals surface area contributed by atoms with E-state index in [4.69, 9.17) is 9.97 Å². The summed E-state index contributed by atoms with van der Waals surface area (Å²) in [6, 6.07) is 10.6. The van der Waals surface area contributed by atoms with Crippen LogP contribution in [0.5, 0.6) is 0 Å². The molecule has 1 aromatic carbocycles. The van der Waals surface area contributed by atoms with Gasteiger partial charge in [-0.2, -0.15) is 5.10 Å². The molecule has 1 N–H and O–H groups in total. The van der Waals surface area contributed by atoms with Gasteiger partial charge in [0.05, 0.1) is 17.6 Å². The Balaban J connectivity index is 2.07. The summed E-state index contributed by atoms with van der Waals surface area (Å²) in [6.07, 6.45) is 1.84. The first-order valence-electron chi connectivity index (χ1n) is 8.92. The number of anilines is 1. The molecule has 6 heteroatoms. The fraction of sp³-hybridized carbons (Fsp3) is 0.450. The number of hydrogen-bond donors (Lipinski definition) is 1. The highest BCUT2D eigenvalue weighted by atomic mass is 15.3. The number of nitrogens with zero attached hydrogens (tertiary/aromatic N) is 5. The first-order chi connectivity index (χ1) is 12.3. The third-order valence-corrected chi connectivity index (χ3v) is 4.32. The zero-order valence-electron chi connectivity index (χ0n) is 16.5. The van der Waals surface area contributed by atoms with Gasteiger partial charge < -0.3 is 10.2 Å². The summed E-state index contributed by atoms with van der Waals surface area (Å²) in [7, 11) is 6.08. The van der Waals surface area contributed by atoms with E-state index in [1.807, 2.05) is 19.3 Å². The van der Waals surface area contributed by atoms with Crippen molar-refractivity contribution in [2.75, 3.05) is 26.0 Å². The van der Waals surface area contributed by atoms with Crippen molar-refractivity contribution in [1.82, 2.24) is 24.6 Å². The molecule has 0 saturated heterocycles. The monoisotopic (exact) mass is 352 g/mol. The summed E-state index contributed by atoms with van der Waals surface area (Å²) in [5.74, 6) is 1.65. The van der Waals surface area contributed by atoms with E-state index < -0.39 is 0 Å². The highest BCUT2D eigenvalue weighted by Gasteiger charge is 2.23. The topological polar surface area (TPSA) is 58.9 Å². The van der Waals surface area contributed by atoms with Gasteiger partial charge in [0.2, 0.25) is 0 Å². The zero-order chi connectivity index (χ0) is 18.9. The normalized spacial score (nSPS) is 13.3. The standard InChI is InChI=1S/C20H28N6/c1-20(2,3)19-23-17(15-12-21-26(6)18(15)24-19)22-16(13-25(4)5)14-10-8-7-9-11-14/h7-12,16H,13H2,1-6H3,(H,22,23,24)/t16-/m1/s1. The number of rotatable bonds is 5. The second-order valence-electron chi connectivity index (χ2n) is 8.02. The lowest BCUT2D eigenvalue weighted by atomic mass is 9.95. The summed E-state index contributed by atoms with van der Waals surface area (Å²) in [5.41, 5.74) is 1.94. The van der Waals surface area contributed by atoms with Crippen molar-refractivity contribution in [3.63, 3.8) is 0 Å². The van der Waals surface area contributed by atoms with Gasteiger partial charge in [0.1, 0.15) is 11.6 Å². The first kappa shape index (κ1) is 18.3. The molecule has 0 bridgehead atoms. The zero-order valence-corrected chi connectivity index (χ0v) is 16.5. The van der Waals surface area contributed by atoms with Crippen molar-refractivity contribution in [3.05, 3.63) is 47.9 Å². The number of likely N-dealkylation sites (N-methyl/N-ethyl adjacent to an activating group) is 1. The minimum Gasteiger partial charge on any atom is -0.361 e. The van der Waals surface area contributed by atoms with E-state index in [1.54, 1.807) is 4.68 Å². The van der Waals surface area contributed by atoms with Crippen molar-refractivity contribution in [2.45, 2.75) is 32.2 Å². The molecule has 0 spiro atoms. The van der Waals surface area contributed by atoms with E-state index in [0.29, 0.717) is 0 Å². The fourth-order valence-electron chi connectivity index (χ4n) is 2.92. The molecule has 0 radical (unpaired) electrons. The van der Waals surface area contributed by atoms with Crippen LogP contribution in [0.3, 0.4) is 0 Å². The van der Waals surface area contributed by atoms with Crippen LogP contribution in [0.25, 0.3) is 11.0 Å². The molecular formula is C20H28N6. The van der Waals surface area contributed by atoms with E-state index >= 15 is 0 Å². The Bertz CT molecular complexity index is 876. The van der Waals surface area contributed by atoms with Crippen LogP contribution in [0.4, 0.5) is 5.82 Å². The molecule has 0 aliphatic rings. The van der Waals surface area contributed by atoms with Crippen LogP contribution in [0.15, 0.2) is 36.5 Å². The van der Waals surface area contributed by atoms with Crippen LogP contribution >= 0.6 is 0 Å². The van der Waals surface area contributed by atoms with E-state index in [-0.39, 0.29) is 11.5 Å². The van der Waals surface area contributed by atoms with Gasteiger partial charge in [-0.15, -0.1) is 0 Å². The third kappa shape index (κ3) is 3.85. The highest BCUT2D eigenvalue weighted by Crippen LogP contribution is 2.28. The predicted octanol–water partition coefficient (Wildman–Crippen LogP) is 3.38. The summed E-state index contributed by atoms with van der Waals surface area (Å²) in [4.78, 5) is 11.8. The van der Waals surface area contributed by atoms with Gasteiger partial charge in [0.15, 0.2) is 5.65 Å². The smallest absolute Gasteiger partial charge is 0.163 e. The van der Waals surface area contributed by atoms with Crippen molar-refractivity contribution in [1.29, 1.82) is 0 Å². The Morgan fingerprint density at radius 2 is 1.81 bits per heavy atom. The molecule has 2 aromatic heterocycles. The number of aryl methyl sites for hydroxylation is 1. The number of aromatic nitrogens is 4. The maximum atomic E-state index is 4.86. The van der Waals surface area contributed by atoms with Gasteiger partial charge in [-0.1, -0.05) is 51.1 Å². The molecule has 1 atom stereocenters. The minimum absolute atomic E-state index is 0.123. The molecule has 3 aromatic rings. The van der Waals surface area contributed by atoms with E-state index in [9.17, 15) is 0 Å². The van der Waals surface area contributed by atoms with Crippen LogP contribution in [0, 0.1) is 0 Å². The molecular weight excluding hydrogens is 324 g/mol. The van der Waals surface area contributed by atoms with Crippen molar-refractivity contribution < 1.29 is 0 Å². The molecule has 2 heterocycles. The lowest BCUT2D eigenvalue weighted by Crippen LogP contribution is -2.26. The number of hydrogen-bond acceptors (Lipinski definition) is 5. The van der Waals surface area contributed by atoms with E-state index in [2.05, 4.69) is 74.4 Å². The van der Waals surface area contributed by atoms with Crippen LogP contribution in [-0.4, -0.2) is 45.3 Å². The quantitative estimate of drug-likeness (QED) is 0.763. The SMILES string of the molecule is CN(C)C[C@@H](Nc1nc(C(C)(C)C)nc2c1cnn2C)c1ccccc1. The van der Waals surface area contributed by atoms with Gasteiger partial charge in [0, 0.05) is 19.0 Å². The van der Waals surface area contributed by atoms with Crippen molar-refractivity contribution in [2.24, 2.45) is 7.05 Å². The second kappa shape index (κ2) is 7.03. The fourth-order valence-corrected chi connectivity index (χ4v) is 2.92. The van der Waals surface area contributed by atoms with Crippen LogP contribution < -0.4 is 5.32 Å². The van der Waals surface area contributed by atoms with Gasteiger partial charge in [0.25, 0.3) is 0 Å². The lowest BCUT2D eigenvalue weighted by molar-refractivity contribution is 0.386. The molecule has 3 rings (SSSR count). The number of fused-ring (bicyclic) bond motifs is 1. The van der Waals surface area contributed by atoms with Gasteiger partial charge in [-0.05, 0) is 19.7 Å². The summed E-state index contributed by atoms with van der Waals surface area (Å²) in [5, 5.41) is 8.98. The first-order valence-corrected chi connectivity index (χ1v) is 8.92. The molecule has 0 aliphatic carbocycles. The maximum Gasteiger partial charge on any atom is 0.163 e. The van der Waals surface area contributed by atoms with E-state index in [0.717, 1.165) is 29.2 Å². The molecule has 26 heavy (non-hydrogen) atoms. The Kier molecular flexibility index (Phi) is 4.96. The summed E-state index contributed by atoms with van der Waals surface area (Å²) >= 11 is 0. The highest BCUT2D eigenvalue weighted by molar-refractivity contribution is 5.86. The van der Waals surface area contributed by atoms with Crippen LogP contribution in [0.2, 0.25) is 0 Å². The number of benzene rings is 1. The molecule has 0 aliphatic heterocycles. The molecule has 138 valence electrons. The average Bonchev–Trinajstić information content (AvgIpc) is 2.95. The largest absolute Gasteiger partial charge is 0.361 e. The summed E-state index contributed by atoms with van der Waals surface area (Å²) in [6.45, 7) is 7.25. The van der Waals surface area contributed by atoms with Gasteiger partial charge in [-0.3, -0.25) is 4.68 Å². The van der Waals surface area contributed by atoms with Crippen LogP contribution in [0.1, 0.15) is 38.2 Å². The molecule has 0 saturated carbocycles. The van der Waals surface area contributed by atoms with Gasteiger partial charge >= 0.3 is 0 Å². The Labute approximate surface area is 155 Å². The lowest BCUT2D eigenvalue weighted by Gasteiger charge is -2.25. The molecule has 0 unspecified atom stereocenters.